The molecule has 1 aromatic rings. The van der Waals surface area contributed by atoms with E-state index in [-0.39, 0.29) is 18.1 Å². The first-order valence-corrected chi connectivity index (χ1v) is 8.59. The molecule has 2 aliphatic rings. The highest BCUT2D eigenvalue weighted by molar-refractivity contribution is 5.81. The van der Waals surface area contributed by atoms with Gasteiger partial charge in [0.2, 0.25) is 5.91 Å². The minimum Gasteiger partial charge on any atom is -0.364 e. The number of nitrogens with one attached hydrogen (secondary N) is 1. The molecule has 23 heavy (non-hydrogen) atoms. The van der Waals surface area contributed by atoms with E-state index in [9.17, 15) is 4.79 Å². The monoisotopic (exact) mass is 318 g/mol. The van der Waals surface area contributed by atoms with E-state index in [1.54, 1.807) is 0 Å². The maximum Gasteiger partial charge on any atom is 0.249 e. The Morgan fingerprint density at radius 1 is 1.35 bits per heavy atom. The lowest BCUT2D eigenvalue weighted by molar-refractivity contribution is -0.132. The van der Waals surface area contributed by atoms with E-state index in [0.29, 0.717) is 13.1 Å². The molecule has 3 heterocycles. The summed E-state index contributed by atoms with van der Waals surface area (Å²) in [5, 5.41) is 2.96. The number of amides is 1. The third kappa shape index (κ3) is 4.20. The van der Waals surface area contributed by atoms with Crippen LogP contribution < -0.4 is 16.0 Å². The summed E-state index contributed by atoms with van der Waals surface area (Å²) in [7, 11) is 0. The van der Waals surface area contributed by atoms with E-state index < -0.39 is 0 Å². The number of carbonyl (C=O) groups is 1. The van der Waals surface area contributed by atoms with Crippen LogP contribution >= 0.6 is 0 Å². The van der Waals surface area contributed by atoms with Crippen LogP contribution in [0, 0.1) is 0 Å². The van der Waals surface area contributed by atoms with Crippen LogP contribution in [0.1, 0.15) is 37.7 Å². The molecule has 0 spiro atoms. The SMILES string of the molecule is NC[C@H]1CC[C@@H](C(=O)NCc2ccnc(N3CCCCC3)c2)O1. The number of anilines is 1. The summed E-state index contributed by atoms with van der Waals surface area (Å²) in [5.41, 5.74) is 6.65. The zero-order valence-corrected chi connectivity index (χ0v) is 13.5. The molecular weight excluding hydrogens is 292 g/mol. The maximum atomic E-state index is 12.2. The Kier molecular flexibility index (Phi) is 5.46. The molecule has 1 amide bonds. The van der Waals surface area contributed by atoms with E-state index in [4.69, 9.17) is 10.5 Å². The van der Waals surface area contributed by atoms with Gasteiger partial charge < -0.3 is 20.7 Å². The molecule has 3 N–H and O–H groups in total. The first kappa shape index (κ1) is 16.2. The summed E-state index contributed by atoms with van der Waals surface area (Å²) in [4.78, 5) is 18.9. The molecular formula is C17H26N4O2. The third-order valence-corrected chi connectivity index (χ3v) is 4.62. The van der Waals surface area contributed by atoms with E-state index in [1.165, 1.54) is 19.3 Å². The number of pyridine rings is 1. The highest BCUT2D eigenvalue weighted by Crippen LogP contribution is 2.20. The van der Waals surface area contributed by atoms with Gasteiger partial charge in [0.05, 0.1) is 6.10 Å². The first-order chi connectivity index (χ1) is 11.3. The molecule has 2 fully saturated rings. The van der Waals surface area contributed by atoms with Gasteiger partial charge in [-0.1, -0.05) is 0 Å². The fraction of sp³-hybridized carbons (Fsp3) is 0.647. The average molecular weight is 318 g/mol. The molecule has 0 bridgehead atoms. The Labute approximate surface area is 137 Å². The minimum atomic E-state index is -0.355. The molecule has 1 aromatic heterocycles. The van der Waals surface area contributed by atoms with Gasteiger partial charge in [-0.15, -0.1) is 0 Å². The molecule has 6 heteroatoms. The molecule has 0 radical (unpaired) electrons. The first-order valence-electron chi connectivity index (χ1n) is 8.59. The van der Waals surface area contributed by atoms with Crippen molar-refractivity contribution in [2.24, 2.45) is 5.73 Å². The minimum absolute atomic E-state index is 0.0254. The van der Waals surface area contributed by atoms with Crippen LogP contribution in [-0.4, -0.2) is 42.7 Å². The van der Waals surface area contributed by atoms with Crippen LogP contribution in [0.15, 0.2) is 18.3 Å². The fourth-order valence-corrected chi connectivity index (χ4v) is 3.24. The van der Waals surface area contributed by atoms with E-state index >= 15 is 0 Å². The Balaban J connectivity index is 1.53. The zero-order chi connectivity index (χ0) is 16.1. The van der Waals surface area contributed by atoms with Gasteiger partial charge in [-0.3, -0.25) is 4.79 Å². The van der Waals surface area contributed by atoms with Crippen LogP contribution in [0.5, 0.6) is 0 Å². The third-order valence-electron chi connectivity index (χ3n) is 4.62. The van der Waals surface area contributed by atoms with Crippen molar-refractivity contribution in [1.82, 2.24) is 10.3 Å². The van der Waals surface area contributed by atoms with Crippen LogP contribution in [0.4, 0.5) is 5.82 Å². The van der Waals surface area contributed by atoms with Crippen LogP contribution in [-0.2, 0) is 16.1 Å². The van der Waals surface area contributed by atoms with Crippen molar-refractivity contribution in [3.8, 4) is 0 Å². The molecule has 0 aromatic carbocycles. The van der Waals surface area contributed by atoms with E-state index in [1.807, 2.05) is 12.3 Å². The summed E-state index contributed by atoms with van der Waals surface area (Å²) in [5.74, 6) is 0.967. The van der Waals surface area contributed by atoms with Crippen molar-refractivity contribution < 1.29 is 9.53 Å². The Bertz CT molecular complexity index is 531. The largest absolute Gasteiger partial charge is 0.364 e. The molecule has 2 saturated heterocycles. The van der Waals surface area contributed by atoms with Crippen LogP contribution in [0.3, 0.4) is 0 Å². The van der Waals surface area contributed by atoms with Gasteiger partial charge >= 0.3 is 0 Å². The van der Waals surface area contributed by atoms with Gasteiger partial charge in [-0.2, -0.15) is 0 Å². The molecule has 126 valence electrons. The van der Waals surface area contributed by atoms with Gasteiger partial charge in [0.25, 0.3) is 0 Å². The van der Waals surface area contributed by atoms with Gasteiger partial charge in [-0.05, 0) is 49.8 Å². The maximum absolute atomic E-state index is 12.2. The second kappa shape index (κ2) is 7.75. The number of rotatable bonds is 5. The summed E-state index contributed by atoms with van der Waals surface area (Å²) >= 11 is 0. The Morgan fingerprint density at radius 2 is 2.17 bits per heavy atom. The lowest BCUT2D eigenvalue weighted by Crippen LogP contribution is -2.35. The predicted molar refractivity (Wildman–Crippen MR) is 89.1 cm³/mol. The molecule has 0 aliphatic carbocycles. The highest BCUT2D eigenvalue weighted by atomic mass is 16.5. The van der Waals surface area contributed by atoms with Crippen molar-refractivity contribution in [3.63, 3.8) is 0 Å². The summed E-state index contributed by atoms with van der Waals surface area (Å²) in [6.07, 6.45) is 6.86. The number of ether oxygens (including phenoxy) is 1. The van der Waals surface area contributed by atoms with Crippen molar-refractivity contribution in [2.45, 2.75) is 50.9 Å². The van der Waals surface area contributed by atoms with Crippen LogP contribution in [0.2, 0.25) is 0 Å². The van der Waals surface area contributed by atoms with E-state index in [2.05, 4.69) is 21.3 Å². The van der Waals surface area contributed by atoms with Crippen molar-refractivity contribution in [3.05, 3.63) is 23.9 Å². The fourth-order valence-electron chi connectivity index (χ4n) is 3.24. The smallest absolute Gasteiger partial charge is 0.249 e. The number of nitrogens with zero attached hydrogens (tertiary/aromatic N) is 2. The number of hydrogen-bond donors (Lipinski definition) is 2. The standard InChI is InChI=1S/C17H26N4O2/c18-11-14-4-5-15(23-14)17(22)20-12-13-6-7-19-16(10-13)21-8-2-1-3-9-21/h6-7,10,14-15H,1-5,8-9,11-12,18H2,(H,20,22)/t14-,15+/m1/s1. The second-order valence-corrected chi connectivity index (χ2v) is 6.35. The van der Waals surface area contributed by atoms with Gasteiger partial charge in [0, 0.05) is 32.4 Å². The topological polar surface area (TPSA) is 80.5 Å². The van der Waals surface area contributed by atoms with Crippen molar-refractivity contribution in [1.29, 1.82) is 0 Å². The number of nitrogens with two attached hydrogens (primary N) is 1. The number of carbonyl (C=O) groups excluding carboxylic acids is 1. The zero-order valence-electron chi connectivity index (χ0n) is 13.5. The average Bonchev–Trinajstić information content (AvgIpc) is 3.10. The normalized spacial score (nSPS) is 24.7. The van der Waals surface area contributed by atoms with Gasteiger partial charge in [0.15, 0.2) is 0 Å². The molecule has 0 unspecified atom stereocenters. The summed E-state index contributed by atoms with van der Waals surface area (Å²) < 4.78 is 5.62. The summed E-state index contributed by atoms with van der Waals surface area (Å²) in [6.45, 7) is 3.13. The molecule has 2 atom stereocenters. The Morgan fingerprint density at radius 3 is 2.91 bits per heavy atom. The molecule has 2 aliphatic heterocycles. The second-order valence-electron chi connectivity index (χ2n) is 6.35. The number of hydrogen-bond acceptors (Lipinski definition) is 5. The predicted octanol–water partition coefficient (Wildman–Crippen LogP) is 1.19. The lowest BCUT2D eigenvalue weighted by atomic mass is 10.1. The Hall–Kier alpha value is -1.66. The van der Waals surface area contributed by atoms with Crippen LogP contribution in [0.25, 0.3) is 0 Å². The van der Waals surface area contributed by atoms with Gasteiger partial charge in [-0.25, -0.2) is 4.98 Å². The van der Waals surface area contributed by atoms with Crippen molar-refractivity contribution in [2.75, 3.05) is 24.5 Å². The molecule has 0 saturated carbocycles. The molecule has 6 nitrogen and oxygen atoms in total. The molecule has 3 rings (SSSR count). The quantitative estimate of drug-likeness (QED) is 0.852. The van der Waals surface area contributed by atoms with Crippen molar-refractivity contribution >= 4 is 11.7 Å². The van der Waals surface area contributed by atoms with Gasteiger partial charge in [0.1, 0.15) is 11.9 Å². The summed E-state index contributed by atoms with van der Waals surface area (Å²) in [6, 6.07) is 4.02. The highest BCUT2D eigenvalue weighted by Gasteiger charge is 2.29. The number of aromatic nitrogens is 1. The van der Waals surface area contributed by atoms with E-state index in [0.717, 1.165) is 37.3 Å². The number of piperidine rings is 1. The lowest BCUT2D eigenvalue weighted by Gasteiger charge is -2.28.